The molecule has 0 atom stereocenters. The average Bonchev–Trinajstić information content (AvgIpc) is 2.84. The maximum absolute atomic E-state index is 12.8. The Kier molecular flexibility index (Phi) is 8.01. The Morgan fingerprint density at radius 1 is 0.973 bits per heavy atom. The molecular formula is C26H30F3N5O3. The van der Waals surface area contributed by atoms with Crippen LogP contribution in [-0.4, -0.2) is 54.5 Å². The van der Waals surface area contributed by atoms with Crippen LogP contribution in [0.2, 0.25) is 0 Å². The van der Waals surface area contributed by atoms with Crippen LogP contribution >= 0.6 is 0 Å². The number of amides is 4. The Hall–Kier alpha value is -3.60. The van der Waals surface area contributed by atoms with Crippen LogP contribution in [0.25, 0.3) is 0 Å². The maximum Gasteiger partial charge on any atom is 0.416 e. The van der Waals surface area contributed by atoms with Crippen LogP contribution < -0.4 is 21.7 Å². The molecule has 0 unspecified atom stereocenters. The molecule has 0 aromatic heterocycles. The highest BCUT2D eigenvalue weighted by atomic mass is 19.4. The summed E-state index contributed by atoms with van der Waals surface area (Å²) >= 11 is 0. The molecular weight excluding hydrogens is 487 g/mol. The molecule has 1 heterocycles. The number of nitrogens with zero attached hydrogens (tertiary/aromatic N) is 1. The van der Waals surface area contributed by atoms with E-state index in [0.717, 1.165) is 57.0 Å². The first-order valence-electron chi connectivity index (χ1n) is 12.2. The molecule has 1 saturated heterocycles. The molecule has 4 rings (SSSR count). The third-order valence-electron chi connectivity index (χ3n) is 7.00. The van der Waals surface area contributed by atoms with Gasteiger partial charge in [-0.05, 0) is 67.5 Å². The Bertz CT molecular complexity index is 1130. The highest BCUT2D eigenvalue weighted by Crippen LogP contribution is 2.36. The summed E-state index contributed by atoms with van der Waals surface area (Å²) in [6.07, 6.45) is -0.316. The van der Waals surface area contributed by atoms with Crippen molar-refractivity contribution in [1.82, 2.24) is 15.5 Å². The molecule has 0 spiro atoms. The lowest BCUT2D eigenvalue weighted by Gasteiger charge is -2.46. The summed E-state index contributed by atoms with van der Waals surface area (Å²) < 4.78 is 38.5. The molecule has 1 aliphatic heterocycles. The molecule has 2 fully saturated rings. The van der Waals surface area contributed by atoms with Gasteiger partial charge in [0.25, 0.3) is 5.91 Å². The SMILES string of the molecule is NC(=O)Nc1ccc(C2CCC(N3CC(NC(=O)CNC(=O)c4cccc(C(F)(F)F)c4)C3)CC2)cc1. The van der Waals surface area contributed by atoms with E-state index in [1.54, 1.807) is 0 Å². The number of urea groups is 1. The Morgan fingerprint density at radius 2 is 1.65 bits per heavy atom. The molecule has 0 radical (unpaired) electrons. The van der Waals surface area contributed by atoms with E-state index in [1.807, 2.05) is 24.3 Å². The number of anilines is 1. The molecule has 2 aromatic rings. The number of primary amides is 1. The van der Waals surface area contributed by atoms with E-state index in [0.29, 0.717) is 17.6 Å². The van der Waals surface area contributed by atoms with Crippen LogP contribution in [-0.2, 0) is 11.0 Å². The van der Waals surface area contributed by atoms with Crippen molar-refractivity contribution in [1.29, 1.82) is 0 Å². The van der Waals surface area contributed by atoms with Crippen molar-refractivity contribution in [3.05, 3.63) is 65.2 Å². The van der Waals surface area contributed by atoms with E-state index in [-0.39, 0.29) is 24.1 Å². The number of benzene rings is 2. The third kappa shape index (κ3) is 7.00. The zero-order chi connectivity index (χ0) is 26.6. The molecule has 1 saturated carbocycles. The molecule has 37 heavy (non-hydrogen) atoms. The van der Waals surface area contributed by atoms with Gasteiger partial charge in [0.1, 0.15) is 0 Å². The molecule has 2 aromatic carbocycles. The predicted octanol–water partition coefficient (Wildman–Crippen LogP) is 3.45. The fourth-order valence-electron chi connectivity index (χ4n) is 5.04. The number of hydrogen-bond donors (Lipinski definition) is 4. The number of carbonyl (C=O) groups is 3. The average molecular weight is 518 g/mol. The lowest BCUT2D eigenvalue weighted by atomic mass is 9.80. The van der Waals surface area contributed by atoms with Gasteiger partial charge in [0, 0.05) is 30.4 Å². The zero-order valence-electron chi connectivity index (χ0n) is 20.2. The van der Waals surface area contributed by atoms with Crippen LogP contribution in [0.1, 0.15) is 53.1 Å². The summed E-state index contributed by atoms with van der Waals surface area (Å²) in [5, 5.41) is 7.81. The number of hydrogen-bond acceptors (Lipinski definition) is 4. The smallest absolute Gasteiger partial charge is 0.351 e. The van der Waals surface area contributed by atoms with Crippen molar-refractivity contribution in [2.75, 3.05) is 25.0 Å². The van der Waals surface area contributed by atoms with Gasteiger partial charge in [0.2, 0.25) is 5.91 Å². The maximum atomic E-state index is 12.8. The summed E-state index contributed by atoms with van der Waals surface area (Å²) in [7, 11) is 0. The van der Waals surface area contributed by atoms with Gasteiger partial charge < -0.3 is 21.7 Å². The van der Waals surface area contributed by atoms with Crippen LogP contribution in [0, 0.1) is 0 Å². The first-order valence-corrected chi connectivity index (χ1v) is 12.2. The minimum Gasteiger partial charge on any atom is -0.351 e. The second-order valence-electron chi connectivity index (χ2n) is 9.60. The lowest BCUT2D eigenvalue weighted by Crippen LogP contribution is -2.63. The summed E-state index contributed by atoms with van der Waals surface area (Å²) in [5.74, 6) is -0.633. The largest absolute Gasteiger partial charge is 0.416 e. The number of carbonyl (C=O) groups excluding carboxylic acids is 3. The van der Waals surface area contributed by atoms with Crippen molar-refractivity contribution in [2.24, 2.45) is 5.73 Å². The fraction of sp³-hybridized carbons (Fsp3) is 0.423. The highest BCUT2D eigenvalue weighted by molar-refractivity contribution is 5.96. The number of alkyl halides is 3. The molecule has 8 nitrogen and oxygen atoms in total. The summed E-state index contributed by atoms with van der Waals surface area (Å²) in [5.41, 5.74) is 6.00. The van der Waals surface area contributed by atoms with E-state index < -0.39 is 23.7 Å². The second-order valence-corrected chi connectivity index (χ2v) is 9.60. The first-order chi connectivity index (χ1) is 17.6. The number of halogens is 3. The predicted molar refractivity (Wildman–Crippen MR) is 132 cm³/mol. The van der Waals surface area contributed by atoms with Crippen LogP contribution in [0.5, 0.6) is 0 Å². The fourth-order valence-corrected chi connectivity index (χ4v) is 5.04. The van der Waals surface area contributed by atoms with Crippen molar-refractivity contribution in [3.63, 3.8) is 0 Å². The van der Waals surface area contributed by atoms with Crippen molar-refractivity contribution in [3.8, 4) is 0 Å². The van der Waals surface area contributed by atoms with Crippen molar-refractivity contribution >= 4 is 23.5 Å². The minimum atomic E-state index is -4.54. The van der Waals surface area contributed by atoms with Gasteiger partial charge in [-0.3, -0.25) is 14.5 Å². The van der Waals surface area contributed by atoms with E-state index >= 15 is 0 Å². The van der Waals surface area contributed by atoms with Crippen LogP contribution in [0.4, 0.5) is 23.7 Å². The van der Waals surface area contributed by atoms with Crippen molar-refractivity contribution < 1.29 is 27.6 Å². The van der Waals surface area contributed by atoms with Gasteiger partial charge in [-0.2, -0.15) is 13.2 Å². The molecule has 198 valence electrons. The molecule has 11 heteroatoms. The minimum absolute atomic E-state index is 0.0130. The van der Waals surface area contributed by atoms with Gasteiger partial charge in [-0.25, -0.2) is 4.79 Å². The van der Waals surface area contributed by atoms with Gasteiger partial charge in [-0.15, -0.1) is 0 Å². The second kappa shape index (κ2) is 11.2. The van der Waals surface area contributed by atoms with E-state index in [9.17, 15) is 27.6 Å². The normalized spacial score (nSPS) is 20.5. The number of likely N-dealkylation sites (tertiary alicyclic amines) is 1. The standard InChI is InChI=1S/C26H30F3N5O3/c27-26(28,29)19-3-1-2-18(12-19)24(36)31-13-23(35)32-21-14-34(15-21)22-10-6-17(7-11-22)16-4-8-20(9-5-16)33-25(30)37/h1-5,8-9,12,17,21-22H,6-7,10-11,13-15H2,(H,31,36)(H,32,35)(H3,30,33,37). The number of nitrogens with two attached hydrogens (primary N) is 1. The van der Waals surface area contributed by atoms with E-state index in [2.05, 4.69) is 20.9 Å². The highest BCUT2D eigenvalue weighted by Gasteiger charge is 2.35. The molecule has 5 N–H and O–H groups in total. The zero-order valence-corrected chi connectivity index (χ0v) is 20.2. The van der Waals surface area contributed by atoms with Gasteiger partial charge in [0.05, 0.1) is 18.2 Å². The quantitative estimate of drug-likeness (QED) is 0.450. The van der Waals surface area contributed by atoms with Crippen LogP contribution in [0.3, 0.4) is 0 Å². The van der Waals surface area contributed by atoms with Gasteiger partial charge >= 0.3 is 12.2 Å². The molecule has 2 aliphatic rings. The van der Waals surface area contributed by atoms with Crippen molar-refractivity contribution in [2.45, 2.75) is 49.9 Å². The lowest BCUT2D eigenvalue weighted by molar-refractivity contribution is -0.137. The Balaban J connectivity index is 1.15. The molecule has 4 amide bonds. The summed E-state index contributed by atoms with van der Waals surface area (Å²) in [6.45, 7) is 1.16. The molecule has 1 aliphatic carbocycles. The van der Waals surface area contributed by atoms with Gasteiger partial charge in [0.15, 0.2) is 0 Å². The summed E-state index contributed by atoms with van der Waals surface area (Å²) in [6, 6.07) is 11.7. The van der Waals surface area contributed by atoms with Crippen LogP contribution in [0.15, 0.2) is 48.5 Å². The van der Waals surface area contributed by atoms with E-state index in [1.165, 1.54) is 11.6 Å². The molecule has 0 bridgehead atoms. The number of nitrogens with one attached hydrogen (secondary N) is 3. The first kappa shape index (κ1) is 26.5. The van der Waals surface area contributed by atoms with E-state index in [4.69, 9.17) is 5.73 Å². The monoisotopic (exact) mass is 517 g/mol. The Labute approximate surface area is 212 Å². The van der Waals surface area contributed by atoms with Gasteiger partial charge in [-0.1, -0.05) is 18.2 Å². The number of rotatable bonds is 7. The topological polar surface area (TPSA) is 117 Å². The Morgan fingerprint density at radius 3 is 2.27 bits per heavy atom. The summed E-state index contributed by atoms with van der Waals surface area (Å²) in [4.78, 5) is 37.7. The third-order valence-corrected chi connectivity index (χ3v) is 7.00.